The van der Waals surface area contributed by atoms with Crippen molar-refractivity contribution in [3.8, 4) is 0 Å². The highest BCUT2D eigenvalue weighted by Gasteiger charge is 2.08. The Hall–Kier alpha value is -2.74. The van der Waals surface area contributed by atoms with Crippen LogP contribution >= 0.6 is 0 Å². The number of anilines is 2. The molecule has 0 bridgehead atoms. The Kier molecular flexibility index (Phi) is 5.39. The fourth-order valence-electron chi connectivity index (χ4n) is 3.08. The zero-order chi connectivity index (χ0) is 17.6. The molecule has 25 heavy (non-hydrogen) atoms. The van der Waals surface area contributed by atoms with E-state index in [4.69, 9.17) is 0 Å². The van der Waals surface area contributed by atoms with Crippen LogP contribution in [0, 0.1) is 6.92 Å². The molecule has 0 aliphatic rings. The van der Waals surface area contributed by atoms with Crippen LogP contribution in [-0.2, 0) is 13.1 Å². The zero-order valence-corrected chi connectivity index (χ0v) is 15.3. The maximum Gasteiger partial charge on any atom is 0.0426 e. The zero-order valence-electron chi connectivity index (χ0n) is 15.3. The number of benzene rings is 3. The molecule has 0 spiro atoms. The first kappa shape index (κ1) is 17.1. The van der Waals surface area contributed by atoms with E-state index >= 15 is 0 Å². The maximum absolute atomic E-state index is 2.31. The van der Waals surface area contributed by atoms with E-state index < -0.39 is 0 Å². The molecule has 0 amide bonds. The van der Waals surface area contributed by atoms with Gasteiger partial charge in [0.25, 0.3) is 0 Å². The van der Waals surface area contributed by atoms with E-state index in [9.17, 15) is 0 Å². The molecule has 0 unspecified atom stereocenters. The average molecular weight is 330 g/mol. The highest BCUT2D eigenvalue weighted by Crippen LogP contribution is 2.26. The first-order valence-corrected chi connectivity index (χ1v) is 8.73. The third kappa shape index (κ3) is 4.63. The topological polar surface area (TPSA) is 6.48 Å². The molecular weight excluding hydrogens is 304 g/mol. The molecule has 128 valence electrons. The molecule has 3 aromatic rings. The molecule has 3 aromatic carbocycles. The number of hydrogen-bond acceptors (Lipinski definition) is 2. The van der Waals surface area contributed by atoms with Crippen LogP contribution in [0.1, 0.15) is 16.7 Å². The van der Waals surface area contributed by atoms with Gasteiger partial charge in [-0.05, 0) is 41.8 Å². The monoisotopic (exact) mass is 330 g/mol. The summed E-state index contributed by atoms with van der Waals surface area (Å²) in [7, 11) is 4.31. The van der Waals surface area contributed by atoms with Crippen LogP contribution in [0.4, 0.5) is 11.4 Å². The minimum absolute atomic E-state index is 0.909. The van der Waals surface area contributed by atoms with Gasteiger partial charge in [0.05, 0.1) is 0 Å². The Morgan fingerprint density at radius 1 is 0.600 bits per heavy atom. The normalized spacial score (nSPS) is 10.5. The summed E-state index contributed by atoms with van der Waals surface area (Å²) in [6.07, 6.45) is 0. The third-order valence-electron chi connectivity index (χ3n) is 4.45. The molecule has 0 radical (unpaired) electrons. The minimum atomic E-state index is 0.909. The minimum Gasteiger partial charge on any atom is -0.370 e. The van der Waals surface area contributed by atoms with Crippen LogP contribution in [-0.4, -0.2) is 14.1 Å². The van der Waals surface area contributed by atoms with Gasteiger partial charge in [0.2, 0.25) is 0 Å². The van der Waals surface area contributed by atoms with Gasteiger partial charge >= 0.3 is 0 Å². The SMILES string of the molecule is Cc1cc(N(C)Cc2ccccc2)cc(N(C)Cc2ccccc2)c1. The van der Waals surface area contributed by atoms with Crippen molar-refractivity contribution in [2.75, 3.05) is 23.9 Å². The van der Waals surface area contributed by atoms with E-state index in [-0.39, 0.29) is 0 Å². The van der Waals surface area contributed by atoms with Gasteiger partial charge in [-0.2, -0.15) is 0 Å². The standard InChI is InChI=1S/C23H26N2/c1-19-14-22(24(2)17-20-10-6-4-7-11-20)16-23(15-19)25(3)18-21-12-8-5-9-13-21/h4-16H,17-18H2,1-3H3. The lowest BCUT2D eigenvalue weighted by atomic mass is 10.1. The number of hydrogen-bond donors (Lipinski definition) is 0. The molecule has 0 N–H and O–H groups in total. The number of rotatable bonds is 6. The van der Waals surface area contributed by atoms with Crippen LogP contribution in [0.15, 0.2) is 78.9 Å². The van der Waals surface area contributed by atoms with E-state index in [2.05, 4.69) is 110 Å². The highest BCUT2D eigenvalue weighted by molar-refractivity contribution is 5.61. The molecular formula is C23H26N2. The van der Waals surface area contributed by atoms with Crippen molar-refractivity contribution < 1.29 is 0 Å². The molecule has 2 heteroatoms. The molecule has 2 nitrogen and oxygen atoms in total. The molecule has 0 aromatic heterocycles. The fourth-order valence-corrected chi connectivity index (χ4v) is 3.08. The summed E-state index contributed by atoms with van der Waals surface area (Å²) in [5.74, 6) is 0. The van der Waals surface area contributed by atoms with Crippen LogP contribution in [0.5, 0.6) is 0 Å². The Labute approximate surface area is 151 Å². The molecule has 0 fully saturated rings. The van der Waals surface area contributed by atoms with Gasteiger partial charge in [-0.15, -0.1) is 0 Å². The Morgan fingerprint density at radius 3 is 1.40 bits per heavy atom. The maximum atomic E-state index is 2.31. The summed E-state index contributed by atoms with van der Waals surface area (Å²) >= 11 is 0. The van der Waals surface area contributed by atoms with E-state index in [1.165, 1.54) is 28.1 Å². The summed E-state index contributed by atoms with van der Waals surface area (Å²) in [5.41, 5.74) is 6.43. The van der Waals surface area contributed by atoms with E-state index in [0.717, 1.165) is 13.1 Å². The molecule has 0 saturated carbocycles. The Balaban J connectivity index is 1.77. The average Bonchev–Trinajstić information content (AvgIpc) is 2.63. The van der Waals surface area contributed by atoms with Gasteiger partial charge < -0.3 is 9.80 Å². The molecule has 0 aliphatic heterocycles. The molecule has 0 heterocycles. The second kappa shape index (κ2) is 7.89. The summed E-state index contributed by atoms with van der Waals surface area (Å²) in [6.45, 7) is 3.98. The van der Waals surface area contributed by atoms with Crippen LogP contribution in [0.2, 0.25) is 0 Å². The lowest BCUT2D eigenvalue weighted by molar-refractivity contribution is 0.905. The summed E-state index contributed by atoms with van der Waals surface area (Å²) in [6, 6.07) is 28.0. The third-order valence-corrected chi connectivity index (χ3v) is 4.45. The predicted octanol–water partition coefficient (Wildman–Crippen LogP) is 5.27. The molecule has 3 rings (SSSR count). The van der Waals surface area contributed by atoms with Crippen molar-refractivity contribution in [3.05, 3.63) is 95.6 Å². The van der Waals surface area contributed by atoms with Crippen molar-refractivity contribution in [2.45, 2.75) is 20.0 Å². The Morgan fingerprint density at radius 2 is 1.00 bits per heavy atom. The molecule has 0 saturated heterocycles. The smallest absolute Gasteiger partial charge is 0.0426 e. The van der Waals surface area contributed by atoms with Gasteiger partial charge in [0, 0.05) is 38.6 Å². The summed E-state index contributed by atoms with van der Waals surface area (Å²) in [5, 5.41) is 0. The van der Waals surface area contributed by atoms with Gasteiger partial charge in [-0.3, -0.25) is 0 Å². The van der Waals surface area contributed by atoms with Crippen LogP contribution in [0.25, 0.3) is 0 Å². The molecule has 0 aliphatic carbocycles. The second-order valence-electron chi connectivity index (χ2n) is 6.71. The lowest BCUT2D eigenvalue weighted by Crippen LogP contribution is -2.19. The Bertz CT molecular complexity index is 731. The number of nitrogens with zero attached hydrogens (tertiary/aromatic N) is 2. The second-order valence-corrected chi connectivity index (χ2v) is 6.71. The van der Waals surface area contributed by atoms with Gasteiger partial charge in [-0.1, -0.05) is 60.7 Å². The first-order valence-electron chi connectivity index (χ1n) is 8.73. The van der Waals surface area contributed by atoms with E-state index in [0.29, 0.717) is 0 Å². The van der Waals surface area contributed by atoms with Crippen molar-refractivity contribution in [1.82, 2.24) is 0 Å². The quantitative estimate of drug-likeness (QED) is 0.607. The summed E-state index contributed by atoms with van der Waals surface area (Å²) < 4.78 is 0. The van der Waals surface area contributed by atoms with Gasteiger partial charge in [0.15, 0.2) is 0 Å². The van der Waals surface area contributed by atoms with E-state index in [1.807, 2.05) is 0 Å². The first-order chi connectivity index (χ1) is 12.1. The number of aryl methyl sites for hydroxylation is 1. The van der Waals surface area contributed by atoms with E-state index in [1.54, 1.807) is 0 Å². The van der Waals surface area contributed by atoms with Crippen molar-refractivity contribution >= 4 is 11.4 Å². The molecule has 0 atom stereocenters. The van der Waals surface area contributed by atoms with Crippen molar-refractivity contribution in [1.29, 1.82) is 0 Å². The van der Waals surface area contributed by atoms with Crippen LogP contribution < -0.4 is 9.80 Å². The highest BCUT2D eigenvalue weighted by atomic mass is 15.1. The fraction of sp³-hybridized carbons (Fsp3) is 0.217. The van der Waals surface area contributed by atoms with Gasteiger partial charge in [0.1, 0.15) is 0 Å². The predicted molar refractivity (Wildman–Crippen MR) is 108 cm³/mol. The lowest BCUT2D eigenvalue weighted by Gasteiger charge is -2.25. The largest absolute Gasteiger partial charge is 0.370 e. The van der Waals surface area contributed by atoms with Crippen LogP contribution in [0.3, 0.4) is 0 Å². The van der Waals surface area contributed by atoms with Crippen molar-refractivity contribution in [3.63, 3.8) is 0 Å². The summed E-state index contributed by atoms with van der Waals surface area (Å²) in [4.78, 5) is 4.62. The van der Waals surface area contributed by atoms with Gasteiger partial charge in [-0.25, -0.2) is 0 Å². The van der Waals surface area contributed by atoms with Crippen molar-refractivity contribution in [2.24, 2.45) is 0 Å².